The van der Waals surface area contributed by atoms with E-state index < -0.39 is 10.0 Å². The molecule has 1 saturated heterocycles. The van der Waals surface area contributed by atoms with E-state index in [1.54, 1.807) is 12.0 Å². The van der Waals surface area contributed by atoms with Crippen LogP contribution in [-0.2, 0) is 21.2 Å². The molecule has 1 amide bonds. The summed E-state index contributed by atoms with van der Waals surface area (Å²) in [6, 6.07) is 14.0. The zero-order valence-corrected chi connectivity index (χ0v) is 19.4. The van der Waals surface area contributed by atoms with Gasteiger partial charge < -0.3 is 9.64 Å². The van der Waals surface area contributed by atoms with E-state index in [-0.39, 0.29) is 17.3 Å². The highest BCUT2D eigenvalue weighted by Gasteiger charge is 2.27. The Morgan fingerprint density at radius 2 is 1.65 bits per heavy atom. The maximum Gasteiger partial charge on any atom is 0.243 e. The second-order valence-corrected chi connectivity index (χ2v) is 10.0. The molecule has 0 bridgehead atoms. The Balaban J connectivity index is 1.46. The first-order valence-corrected chi connectivity index (χ1v) is 12.0. The maximum absolute atomic E-state index is 12.7. The lowest BCUT2D eigenvalue weighted by atomic mass is 10.1. The molecular weight excluding hydrogens is 438 g/mol. The summed E-state index contributed by atoms with van der Waals surface area (Å²) in [5, 5.41) is 0.461. The van der Waals surface area contributed by atoms with Gasteiger partial charge in [-0.2, -0.15) is 4.31 Å². The monoisotopic (exact) mass is 465 g/mol. The van der Waals surface area contributed by atoms with E-state index in [2.05, 4.69) is 17.0 Å². The van der Waals surface area contributed by atoms with Crippen LogP contribution in [0, 0.1) is 0 Å². The first-order valence-electron chi connectivity index (χ1n) is 10.1. The van der Waals surface area contributed by atoms with Crippen LogP contribution < -0.4 is 4.74 Å². The lowest BCUT2D eigenvalue weighted by Crippen LogP contribution is -2.51. The van der Waals surface area contributed by atoms with Gasteiger partial charge in [-0.25, -0.2) is 8.42 Å². The lowest BCUT2D eigenvalue weighted by molar-refractivity contribution is -0.132. The first-order chi connectivity index (χ1) is 14.8. The number of nitrogens with zero attached hydrogens (tertiary/aromatic N) is 3. The predicted octanol–water partition coefficient (Wildman–Crippen LogP) is 2.36. The van der Waals surface area contributed by atoms with Gasteiger partial charge in [0.2, 0.25) is 15.9 Å². The number of rotatable bonds is 8. The highest BCUT2D eigenvalue weighted by atomic mass is 35.5. The molecule has 0 radical (unpaired) electrons. The number of piperazine rings is 1. The van der Waals surface area contributed by atoms with Gasteiger partial charge in [-0.15, -0.1) is 0 Å². The summed E-state index contributed by atoms with van der Waals surface area (Å²) < 4.78 is 31.6. The van der Waals surface area contributed by atoms with E-state index in [4.69, 9.17) is 16.3 Å². The van der Waals surface area contributed by atoms with E-state index in [9.17, 15) is 13.2 Å². The van der Waals surface area contributed by atoms with Crippen molar-refractivity contribution < 1.29 is 17.9 Å². The van der Waals surface area contributed by atoms with Gasteiger partial charge in [0.25, 0.3) is 0 Å². The van der Waals surface area contributed by atoms with Crippen LogP contribution in [0.25, 0.3) is 0 Å². The van der Waals surface area contributed by atoms with Crippen molar-refractivity contribution in [2.75, 3.05) is 53.4 Å². The van der Waals surface area contributed by atoms with Gasteiger partial charge in [-0.1, -0.05) is 23.7 Å². The smallest absolute Gasteiger partial charge is 0.243 e. The third-order valence-electron chi connectivity index (χ3n) is 5.48. The van der Waals surface area contributed by atoms with Crippen molar-refractivity contribution in [2.45, 2.75) is 11.3 Å². The number of carbonyl (C=O) groups is 1. The van der Waals surface area contributed by atoms with Crippen molar-refractivity contribution in [2.24, 2.45) is 0 Å². The van der Waals surface area contributed by atoms with Crippen molar-refractivity contribution in [3.63, 3.8) is 0 Å². The number of halogens is 1. The maximum atomic E-state index is 12.7. The van der Waals surface area contributed by atoms with Gasteiger partial charge in [-0.3, -0.25) is 9.69 Å². The lowest BCUT2D eigenvalue weighted by Gasteiger charge is -2.35. The molecular formula is C22H28ClN3O4S. The summed E-state index contributed by atoms with van der Waals surface area (Å²) in [5.74, 6) is 0.661. The van der Waals surface area contributed by atoms with Crippen LogP contribution >= 0.6 is 11.6 Å². The Hall–Kier alpha value is -2.13. The molecule has 0 saturated carbocycles. The van der Waals surface area contributed by atoms with Crippen molar-refractivity contribution >= 4 is 27.5 Å². The third-order valence-corrected chi connectivity index (χ3v) is 7.55. The van der Waals surface area contributed by atoms with Crippen molar-refractivity contribution in [3.8, 4) is 5.75 Å². The summed E-state index contributed by atoms with van der Waals surface area (Å²) in [6.45, 7) is 3.47. The molecule has 0 aliphatic carbocycles. The molecule has 7 nitrogen and oxygen atoms in total. The largest absolute Gasteiger partial charge is 0.497 e. The molecule has 2 aromatic rings. The summed E-state index contributed by atoms with van der Waals surface area (Å²) in [5.41, 5.74) is 1.24. The molecule has 0 atom stereocenters. The fourth-order valence-electron chi connectivity index (χ4n) is 3.46. The Labute approximate surface area is 189 Å². The Kier molecular flexibility index (Phi) is 7.94. The fourth-order valence-corrected chi connectivity index (χ4v) is 4.71. The van der Waals surface area contributed by atoms with E-state index in [0.29, 0.717) is 18.1 Å². The molecule has 1 aliphatic heterocycles. The Morgan fingerprint density at radius 1 is 1.03 bits per heavy atom. The van der Waals surface area contributed by atoms with Crippen LogP contribution in [0.4, 0.5) is 0 Å². The van der Waals surface area contributed by atoms with Gasteiger partial charge in [0.05, 0.1) is 18.6 Å². The molecule has 0 spiro atoms. The molecule has 0 aromatic heterocycles. The van der Waals surface area contributed by atoms with Crippen LogP contribution in [0.5, 0.6) is 5.75 Å². The third kappa shape index (κ3) is 6.20. The minimum absolute atomic E-state index is 0.121. The topological polar surface area (TPSA) is 70.2 Å². The minimum Gasteiger partial charge on any atom is -0.497 e. The van der Waals surface area contributed by atoms with Crippen molar-refractivity contribution in [1.29, 1.82) is 0 Å². The normalized spacial score (nSPS) is 15.3. The van der Waals surface area contributed by atoms with E-state index in [0.717, 1.165) is 36.1 Å². The number of amides is 1. The predicted molar refractivity (Wildman–Crippen MR) is 121 cm³/mol. The van der Waals surface area contributed by atoms with Crippen LogP contribution in [-0.4, -0.2) is 81.9 Å². The zero-order valence-electron chi connectivity index (χ0n) is 17.8. The number of benzene rings is 2. The van der Waals surface area contributed by atoms with Crippen molar-refractivity contribution in [1.82, 2.24) is 14.1 Å². The number of methoxy groups -OCH3 is 1. The van der Waals surface area contributed by atoms with Crippen LogP contribution in [0.2, 0.25) is 5.02 Å². The van der Waals surface area contributed by atoms with Crippen LogP contribution in [0.3, 0.4) is 0 Å². The number of carbonyl (C=O) groups excluding carboxylic acids is 1. The molecule has 1 heterocycles. The van der Waals surface area contributed by atoms with Gasteiger partial charge >= 0.3 is 0 Å². The quantitative estimate of drug-likeness (QED) is 0.598. The molecule has 1 fully saturated rings. The molecule has 168 valence electrons. The SMILES string of the molecule is COc1ccc(CCN2CCN(C(=O)CN(C)S(=O)(=O)c3ccc(Cl)cc3)CC2)cc1. The molecule has 9 heteroatoms. The molecule has 2 aromatic carbocycles. The fraction of sp³-hybridized carbons (Fsp3) is 0.409. The summed E-state index contributed by atoms with van der Waals surface area (Å²) in [7, 11) is -0.660. The van der Waals surface area contributed by atoms with Gasteiger partial charge in [0, 0.05) is 44.8 Å². The number of hydrogen-bond donors (Lipinski definition) is 0. The first kappa shape index (κ1) is 23.5. The highest BCUT2D eigenvalue weighted by Crippen LogP contribution is 2.18. The highest BCUT2D eigenvalue weighted by molar-refractivity contribution is 7.89. The summed E-state index contributed by atoms with van der Waals surface area (Å²) in [6.07, 6.45) is 0.931. The molecule has 3 rings (SSSR count). The number of hydrogen-bond acceptors (Lipinski definition) is 5. The minimum atomic E-state index is -3.74. The van der Waals surface area contributed by atoms with E-state index in [1.807, 2.05) is 12.1 Å². The van der Waals surface area contributed by atoms with Gasteiger partial charge in [-0.05, 0) is 48.4 Å². The average Bonchev–Trinajstić information content (AvgIpc) is 2.78. The molecule has 31 heavy (non-hydrogen) atoms. The van der Waals surface area contributed by atoms with Gasteiger partial charge in [0.1, 0.15) is 5.75 Å². The molecule has 0 N–H and O–H groups in total. The van der Waals surface area contributed by atoms with Crippen molar-refractivity contribution in [3.05, 3.63) is 59.1 Å². The number of likely N-dealkylation sites (N-methyl/N-ethyl adjacent to an activating group) is 1. The average molecular weight is 466 g/mol. The summed E-state index contributed by atoms with van der Waals surface area (Å²) >= 11 is 5.83. The summed E-state index contributed by atoms with van der Waals surface area (Å²) in [4.78, 5) is 16.8. The Bertz CT molecular complexity index is 973. The van der Waals surface area contributed by atoms with Crippen LogP contribution in [0.1, 0.15) is 5.56 Å². The zero-order chi connectivity index (χ0) is 22.4. The second-order valence-electron chi connectivity index (χ2n) is 7.54. The van der Waals surface area contributed by atoms with Gasteiger partial charge in [0.15, 0.2) is 0 Å². The number of ether oxygens (including phenoxy) is 1. The van der Waals surface area contributed by atoms with E-state index >= 15 is 0 Å². The second kappa shape index (κ2) is 10.5. The van der Waals surface area contributed by atoms with E-state index in [1.165, 1.54) is 36.9 Å². The van der Waals surface area contributed by atoms with Crippen LogP contribution in [0.15, 0.2) is 53.4 Å². The molecule has 0 unspecified atom stereocenters. The number of sulfonamides is 1. The standard InChI is InChI=1S/C22H28ClN3O4S/c1-24(31(28,29)21-9-5-19(23)6-10-21)17-22(27)26-15-13-25(14-16-26)12-11-18-3-7-20(30-2)8-4-18/h3-10H,11-17H2,1-2H3. The molecule has 1 aliphatic rings. The Morgan fingerprint density at radius 3 is 2.23 bits per heavy atom.